The van der Waals surface area contributed by atoms with Gasteiger partial charge in [0.25, 0.3) is 10.0 Å². The highest BCUT2D eigenvalue weighted by Crippen LogP contribution is 2.23. The molecule has 2 N–H and O–H groups in total. The number of hydrogen-bond acceptors (Lipinski definition) is 5. The molecule has 0 spiro atoms. The maximum Gasteiger partial charge on any atom is 0.261 e. The standard InChI is InChI=1S/C21H20N2O4S2/c1-27-18-11-7-16(8-12-18)22-21(24)15-28-19-13-9-17(10-14-19)23-29(25,26)20-5-3-2-4-6-20/h2-14,23H,15H2,1H3,(H,22,24). The Morgan fingerprint density at radius 1 is 0.897 bits per heavy atom. The second kappa shape index (κ2) is 9.49. The van der Waals surface area contributed by atoms with Crippen molar-refractivity contribution in [2.24, 2.45) is 0 Å². The summed E-state index contributed by atoms with van der Waals surface area (Å²) in [6.45, 7) is 0. The molecular weight excluding hydrogens is 408 g/mol. The predicted molar refractivity (Wildman–Crippen MR) is 116 cm³/mol. The van der Waals surface area contributed by atoms with Gasteiger partial charge in [-0.2, -0.15) is 0 Å². The van der Waals surface area contributed by atoms with Gasteiger partial charge in [0.15, 0.2) is 0 Å². The molecule has 0 saturated heterocycles. The van der Waals surface area contributed by atoms with Crippen LogP contribution in [0, 0.1) is 0 Å². The number of benzene rings is 3. The number of rotatable bonds is 8. The van der Waals surface area contributed by atoms with Crippen LogP contribution >= 0.6 is 11.8 Å². The topological polar surface area (TPSA) is 84.5 Å². The average molecular weight is 429 g/mol. The molecule has 3 aromatic rings. The third kappa shape index (κ3) is 6.00. The van der Waals surface area contributed by atoms with Crippen LogP contribution in [0.25, 0.3) is 0 Å². The van der Waals surface area contributed by atoms with Crippen molar-refractivity contribution in [3.8, 4) is 5.75 Å². The molecular formula is C21H20N2O4S2. The van der Waals surface area contributed by atoms with E-state index in [1.165, 1.54) is 23.9 Å². The van der Waals surface area contributed by atoms with E-state index in [1.807, 2.05) is 0 Å². The van der Waals surface area contributed by atoms with E-state index in [-0.39, 0.29) is 16.6 Å². The molecule has 0 saturated carbocycles. The van der Waals surface area contributed by atoms with Crippen LogP contribution in [0.1, 0.15) is 0 Å². The minimum Gasteiger partial charge on any atom is -0.497 e. The van der Waals surface area contributed by atoms with Gasteiger partial charge in [-0.1, -0.05) is 18.2 Å². The Morgan fingerprint density at radius 2 is 1.52 bits per heavy atom. The van der Waals surface area contributed by atoms with Gasteiger partial charge < -0.3 is 10.1 Å². The Kier molecular flexibility index (Phi) is 6.79. The molecule has 29 heavy (non-hydrogen) atoms. The first-order chi connectivity index (χ1) is 14.0. The molecule has 0 aliphatic rings. The molecule has 8 heteroatoms. The SMILES string of the molecule is COc1ccc(NC(=O)CSc2ccc(NS(=O)(=O)c3ccccc3)cc2)cc1. The molecule has 0 unspecified atom stereocenters. The maximum absolute atomic E-state index is 12.3. The molecule has 1 amide bonds. The zero-order valence-electron chi connectivity index (χ0n) is 15.7. The predicted octanol–water partition coefficient (Wildman–Crippen LogP) is 4.23. The summed E-state index contributed by atoms with van der Waals surface area (Å²) in [5.74, 6) is 0.829. The zero-order valence-corrected chi connectivity index (χ0v) is 17.3. The number of ether oxygens (including phenoxy) is 1. The largest absolute Gasteiger partial charge is 0.497 e. The molecule has 0 aliphatic heterocycles. The van der Waals surface area contributed by atoms with Crippen LogP contribution in [0.5, 0.6) is 5.75 Å². The van der Waals surface area contributed by atoms with E-state index in [0.717, 1.165) is 10.6 Å². The summed E-state index contributed by atoms with van der Waals surface area (Å²) in [7, 11) is -2.04. The fourth-order valence-corrected chi connectivity index (χ4v) is 4.23. The first-order valence-electron chi connectivity index (χ1n) is 8.71. The van der Waals surface area contributed by atoms with Crippen LogP contribution in [-0.4, -0.2) is 27.2 Å². The minimum atomic E-state index is -3.62. The molecule has 3 aromatic carbocycles. The fraction of sp³-hybridized carbons (Fsp3) is 0.0952. The first-order valence-corrected chi connectivity index (χ1v) is 11.2. The number of anilines is 2. The lowest BCUT2D eigenvalue weighted by atomic mass is 10.3. The number of carbonyl (C=O) groups is 1. The Morgan fingerprint density at radius 3 is 2.14 bits per heavy atom. The van der Waals surface area contributed by atoms with Gasteiger partial charge in [0.1, 0.15) is 5.75 Å². The van der Waals surface area contributed by atoms with Crippen LogP contribution in [-0.2, 0) is 14.8 Å². The summed E-state index contributed by atoms with van der Waals surface area (Å²) in [5.41, 5.74) is 1.16. The van der Waals surface area contributed by atoms with Gasteiger partial charge in [0.05, 0.1) is 17.8 Å². The minimum absolute atomic E-state index is 0.131. The lowest BCUT2D eigenvalue weighted by molar-refractivity contribution is -0.113. The fourth-order valence-electron chi connectivity index (χ4n) is 2.45. The Hall–Kier alpha value is -2.97. The lowest BCUT2D eigenvalue weighted by Crippen LogP contribution is -2.14. The highest BCUT2D eigenvalue weighted by Gasteiger charge is 2.13. The number of nitrogens with one attached hydrogen (secondary N) is 2. The van der Waals surface area contributed by atoms with Crippen molar-refractivity contribution in [1.29, 1.82) is 0 Å². The van der Waals surface area contributed by atoms with Crippen LogP contribution in [0.2, 0.25) is 0 Å². The summed E-state index contributed by atoms with van der Waals surface area (Å²) in [6, 6.07) is 22.2. The highest BCUT2D eigenvalue weighted by atomic mass is 32.2. The Balaban J connectivity index is 1.53. The number of methoxy groups -OCH3 is 1. The zero-order chi connectivity index (χ0) is 20.7. The summed E-state index contributed by atoms with van der Waals surface area (Å²) < 4.78 is 32.3. The van der Waals surface area contributed by atoms with Gasteiger partial charge in [0.2, 0.25) is 5.91 Å². The highest BCUT2D eigenvalue weighted by molar-refractivity contribution is 8.00. The van der Waals surface area contributed by atoms with Crippen molar-refractivity contribution in [3.05, 3.63) is 78.9 Å². The molecule has 0 radical (unpaired) electrons. The van der Waals surface area contributed by atoms with Crippen LogP contribution in [0.4, 0.5) is 11.4 Å². The smallest absolute Gasteiger partial charge is 0.261 e. The number of sulfonamides is 1. The second-order valence-corrected chi connectivity index (χ2v) is 8.74. The second-order valence-electron chi connectivity index (χ2n) is 6.01. The van der Waals surface area contributed by atoms with E-state index in [2.05, 4.69) is 10.0 Å². The monoisotopic (exact) mass is 428 g/mol. The van der Waals surface area contributed by atoms with E-state index in [0.29, 0.717) is 11.4 Å². The number of hydrogen-bond donors (Lipinski definition) is 2. The molecule has 0 aliphatic carbocycles. The maximum atomic E-state index is 12.3. The lowest BCUT2D eigenvalue weighted by Gasteiger charge is -2.09. The molecule has 3 rings (SSSR count). The molecule has 0 bridgehead atoms. The van der Waals surface area contributed by atoms with Gasteiger partial charge in [0, 0.05) is 16.3 Å². The molecule has 6 nitrogen and oxygen atoms in total. The first kappa shape index (κ1) is 20.8. The van der Waals surface area contributed by atoms with E-state index >= 15 is 0 Å². The van der Waals surface area contributed by atoms with Crippen molar-refractivity contribution in [2.45, 2.75) is 9.79 Å². The van der Waals surface area contributed by atoms with Crippen LogP contribution < -0.4 is 14.8 Å². The normalized spacial score (nSPS) is 10.9. The van der Waals surface area contributed by atoms with Crippen molar-refractivity contribution in [1.82, 2.24) is 0 Å². The summed E-state index contributed by atoms with van der Waals surface area (Å²) in [6.07, 6.45) is 0. The molecule has 0 aromatic heterocycles. The number of thioether (sulfide) groups is 1. The summed E-state index contributed by atoms with van der Waals surface area (Å²) in [5, 5.41) is 2.82. The van der Waals surface area contributed by atoms with Gasteiger partial charge in [-0.3, -0.25) is 9.52 Å². The van der Waals surface area contributed by atoms with Crippen LogP contribution in [0.3, 0.4) is 0 Å². The van der Waals surface area contributed by atoms with Crippen LogP contribution in [0.15, 0.2) is 88.7 Å². The van der Waals surface area contributed by atoms with Crippen molar-refractivity contribution in [2.75, 3.05) is 22.9 Å². The van der Waals surface area contributed by atoms with Gasteiger partial charge in [-0.15, -0.1) is 11.8 Å². The van der Waals surface area contributed by atoms with Gasteiger partial charge >= 0.3 is 0 Å². The Labute approximate surface area is 174 Å². The van der Waals surface area contributed by atoms with Crippen molar-refractivity contribution >= 4 is 39.1 Å². The van der Waals surface area contributed by atoms with Gasteiger partial charge in [-0.25, -0.2) is 8.42 Å². The third-order valence-electron chi connectivity index (χ3n) is 3.90. The van der Waals surface area contributed by atoms with E-state index < -0.39 is 10.0 Å². The molecule has 0 heterocycles. The van der Waals surface area contributed by atoms with Crippen molar-refractivity contribution in [3.63, 3.8) is 0 Å². The van der Waals surface area contributed by atoms with Gasteiger partial charge in [-0.05, 0) is 60.7 Å². The molecule has 0 fully saturated rings. The Bertz CT molecular complexity index is 1050. The average Bonchev–Trinajstić information content (AvgIpc) is 2.74. The van der Waals surface area contributed by atoms with E-state index in [1.54, 1.807) is 73.8 Å². The van der Waals surface area contributed by atoms with Crippen molar-refractivity contribution < 1.29 is 17.9 Å². The van der Waals surface area contributed by atoms with E-state index in [4.69, 9.17) is 4.74 Å². The van der Waals surface area contributed by atoms with E-state index in [9.17, 15) is 13.2 Å². The number of carbonyl (C=O) groups excluding carboxylic acids is 1. The third-order valence-corrected chi connectivity index (χ3v) is 6.31. The molecule has 0 atom stereocenters. The molecule has 150 valence electrons. The summed E-state index contributed by atoms with van der Waals surface area (Å²) >= 11 is 1.36. The summed E-state index contributed by atoms with van der Waals surface area (Å²) in [4.78, 5) is 13.2. The number of amides is 1. The quantitative estimate of drug-likeness (QED) is 0.525.